The Balaban J connectivity index is 2.18. The van der Waals surface area contributed by atoms with Gasteiger partial charge in [0.15, 0.2) is 0 Å². The Hall–Kier alpha value is -0.930. The van der Waals surface area contributed by atoms with Crippen LogP contribution in [0.1, 0.15) is 11.3 Å². The van der Waals surface area contributed by atoms with Gasteiger partial charge < -0.3 is 0 Å². The molecule has 0 amide bonds. The zero-order chi connectivity index (χ0) is 11.4. The fraction of sp³-hybridized carbons (Fsp3) is 0. The van der Waals surface area contributed by atoms with E-state index < -0.39 is 0 Å². The maximum atomic E-state index is 4.33. The van der Waals surface area contributed by atoms with Gasteiger partial charge in [0.1, 0.15) is 4.60 Å². The molecule has 0 aliphatic carbocycles. The molecule has 2 aromatic rings. The maximum absolute atomic E-state index is 4.33. The van der Waals surface area contributed by atoms with Gasteiger partial charge in [-0.2, -0.15) is 0 Å². The molecular weight excluding hydrogens is 330 g/mol. The summed E-state index contributed by atoms with van der Waals surface area (Å²) >= 11 is 6.76. The summed E-state index contributed by atoms with van der Waals surface area (Å²) in [4.78, 5) is 4.33. The molecule has 0 aliphatic heterocycles. The molecule has 1 aromatic carbocycles. The zero-order valence-electron chi connectivity index (χ0n) is 8.40. The summed E-state index contributed by atoms with van der Waals surface area (Å²) < 4.78 is 1.94. The van der Waals surface area contributed by atoms with Gasteiger partial charge in [-0.1, -0.05) is 40.2 Å². The van der Waals surface area contributed by atoms with Crippen LogP contribution in [0.15, 0.2) is 51.5 Å². The summed E-state index contributed by atoms with van der Waals surface area (Å²) in [6, 6.07) is 14.0. The normalized spacial score (nSPS) is 10.9. The molecule has 0 spiro atoms. The molecule has 1 heterocycles. The van der Waals surface area contributed by atoms with Crippen LogP contribution < -0.4 is 0 Å². The van der Waals surface area contributed by atoms with Gasteiger partial charge in [-0.3, -0.25) is 0 Å². The van der Waals surface area contributed by atoms with Crippen molar-refractivity contribution in [1.82, 2.24) is 4.98 Å². The minimum atomic E-state index is 0.852. The second kappa shape index (κ2) is 5.41. The van der Waals surface area contributed by atoms with Crippen LogP contribution in [-0.2, 0) is 0 Å². The molecule has 80 valence electrons. The minimum absolute atomic E-state index is 0.852. The van der Waals surface area contributed by atoms with Crippen LogP contribution >= 0.6 is 31.9 Å². The molecular formula is C13H9Br2N. The topological polar surface area (TPSA) is 12.9 Å². The fourth-order valence-corrected chi connectivity index (χ4v) is 1.89. The monoisotopic (exact) mass is 337 g/mol. The van der Waals surface area contributed by atoms with Crippen molar-refractivity contribution in [1.29, 1.82) is 0 Å². The third-order valence-corrected chi connectivity index (χ3v) is 3.02. The van der Waals surface area contributed by atoms with Crippen LogP contribution in [0.5, 0.6) is 0 Å². The third kappa shape index (κ3) is 3.29. The van der Waals surface area contributed by atoms with Gasteiger partial charge in [0.2, 0.25) is 0 Å². The van der Waals surface area contributed by atoms with Gasteiger partial charge in [-0.25, -0.2) is 4.98 Å². The molecule has 0 radical (unpaired) electrons. The average molecular weight is 339 g/mol. The highest BCUT2D eigenvalue weighted by Crippen LogP contribution is 2.13. The van der Waals surface area contributed by atoms with E-state index in [0.717, 1.165) is 20.3 Å². The first-order valence-corrected chi connectivity index (χ1v) is 6.39. The van der Waals surface area contributed by atoms with E-state index in [1.807, 2.05) is 42.5 Å². The molecule has 16 heavy (non-hydrogen) atoms. The van der Waals surface area contributed by atoms with Gasteiger partial charge in [0.05, 0.1) is 5.69 Å². The molecule has 0 N–H and O–H groups in total. The van der Waals surface area contributed by atoms with Crippen molar-refractivity contribution in [2.24, 2.45) is 0 Å². The van der Waals surface area contributed by atoms with E-state index >= 15 is 0 Å². The predicted octanol–water partition coefficient (Wildman–Crippen LogP) is 4.78. The molecule has 3 heteroatoms. The Bertz CT molecular complexity index is 504. The SMILES string of the molecule is Brc1ccc(C=Cc2cccc(Br)n2)cc1. The summed E-state index contributed by atoms with van der Waals surface area (Å²) in [6.45, 7) is 0. The van der Waals surface area contributed by atoms with E-state index in [2.05, 4.69) is 49.0 Å². The summed E-state index contributed by atoms with van der Waals surface area (Å²) in [7, 11) is 0. The Kier molecular flexibility index (Phi) is 3.91. The molecule has 0 unspecified atom stereocenters. The number of hydrogen-bond acceptors (Lipinski definition) is 1. The summed E-state index contributed by atoms with van der Waals surface area (Å²) in [6.07, 6.45) is 4.04. The van der Waals surface area contributed by atoms with Crippen molar-refractivity contribution in [3.8, 4) is 0 Å². The highest BCUT2D eigenvalue weighted by Gasteiger charge is 1.91. The largest absolute Gasteiger partial charge is 0.242 e. The number of hydrogen-bond donors (Lipinski definition) is 0. The lowest BCUT2D eigenvalue weighted by atomic mass is 10.2. The molecule has 0 saturated carbocycles. The van der Waals surface area contributed by atoms with Gasteiger partial charge in [0.25, 0.3) is 0 Å². The Morgan fingerprint density at radius 2 is 1.62 bits per heavy atom. The quantitative estimate of drug-likeness (QED) is 0.718. The van der Waals surface area contributed by atoms with E-state index in [-0.39, 0.29) is 0 Å². The first kappa shape index (κ1) is 11.6. The first-order chi connectivity index (χ1) is 7.74. The van der Waals surface area contributed by atoms with Crippen molar-refractivity contribution < 1.29 is 0 Å². The minimum Gasteiger partial charge on any atom is -0.242 e. The van der Waals surface area contributed by atoms with E-state index in [0.29, 0.717) is 0 Å². The number of aromatic nitrogens is 1. The van der Waals surface area contributed by atoms with Crippen LogP contribution in [0.25, 0.3) is 12.2 Å². The molecule has 1 aromatic heterocycles. The predicted molar refractivity (Wildman–Crippen MR) is 75.0 cm³/mol. The molecule has 0 atom stereocenters. The average Bonchev–Trinajstić information content (AvgIpc) is 2.28. The van der Waals surface area contributed by atoms with Crippen molar-refractivity contribution in [2.45, 2.75) is 0 Å². The van der Waals surface area contributed by atoms with Gasteiger partial charge in [-0.15, -0.1) is 0 Å². The number of rotatable bonds is 2. The van der Waals surface area contributed by atoms with Crippen molar-refractivity contribution in [2.75, 3.05) is 0 Å². The number of halogens is 2. The van der Waals surface area contributed by atoms with Crippen molar-refractivity contribution in [3.05, 3.63) is 62.8 Å². The molecule has 0 bridgehead atoms. The van der Waals surface area contributed by atoms with Crippen molar-refractivity contribution >= 4 is 44.0 Å². The highest BCUT2D eigenvalue weighted by molar-refractivity contribution is 9.10. The van der Waals surface area contributed by atoms with Crippen LogP contribution in [0.4, 0.5) is 0 Å². The lowest BCUT2D eigenvalue weighted by Crippen LogP contribution is -1.79. The smallest absolute Gasteiger partial charge is 0.106 e. The Labute approximate surface area is 111 Å². The maximum Gasteiger partial charge on any atom is 0.106 e. The van der Waals surface area contributed by atoms with Crippen LogP contribution in [0.3, 0.4) is 0 Å². The standard InChI is InChI=1S/C13H9Br2N/c14-11-7-4-10(5-8-11)6-9-12-2-1-3-13(15)16-12/h1-9H. The second-order valence-corrected chi connectivity index (χ2v) is 5.00. The highest BCUT2D eigenvalue weighted by atomic mass is 79.9. The van der Waals surface area contributed by atoms with E-state index in [1.165, 1.54) is 0 Å². The van der Waals surface area contributed by atoms with Crippen LogP contribution in [0, 0.1) is 0 Å². The van der Waals surface area contributed by atoms with E-state index in [9.17, 15) is 0 Å². The van der Waals surface area contributed by atoms with Gasteiger partial charge in [-0.05, 0) is 51.8 Å². The summed E-state index contributed by atoms with van der Waals surface area (Å²) in [5.41, 5.74) is 2.10. The molecule has 0 aliphatic rings. The molecule has 2 rings (SSSR count). The number of benzene rings is 1. The van der Waals surface area contributed by atoms with Crippen LogP contribution in [-0.4, -0.2) is 4.98 Å². The lowest BCUT2D eigenvalue weighted by Gasteiger charge is -1.95. The van der Waals surface area contributed by atoms with Crippen molar-refractivity contribution in [3.63, 3.8) is 0 Å². The zero-order valence-corrected chi connectivity index (χ0v) is 11.6. The molecule has 0 saturated heterocycles. The summed E-state index contributed by atoms with van der Waals surface area (Å²) in [5, 5.41) is 0. The number of nitrogens with zero attached hydrogens (tertiary/aromatic N) is 1. The summed E-state index contributed by atoms with van der Waals surface area (Å²) in [5.74, 6) is 0. The third-order valence-electron chi connectivity index (χ3n) is 2.05. The van der Waals surface area contributed by atoms with E-state index in [4.69, 9.17) is 0 Å². The Morgan fingerprint density at radius 1 is 0.875 bits per heavy atom. The van der Waals surface area contributed by atoms with E-state index in [1.54, 1.807) is 0 Å². The first-order valence-electron chi connectivity index (χ1n) is 4.80. The second-order valence-electron chi connectivity index (χ2n) is 3.27. The lowest BCUT2D eigenvalue weighted by molar-refractivity contribution is 1.25. The van der Waals surface area contributed by atoms with Gasteiger partial charge >= 0.3 is 0 Å². The molecule has 0 fully saturated rings. The van der Waals surface area contributed by atoms with Crippen LogP contribution in [0.2, 0.25) is 0 Å². The van der Waals surface area contributed by atoms with Gasteiger partial charge in [0, 0.05) is 4.47 Å². The molecule has 1 nitrogen and oxygen atoms in total. The number of pyridine rings is 1. The fourth-order valence-electron chi connectivity index (χ4n) is 1.27. The Morgan fingerprint density at radius 3 is 2.31 bits per heavy atom.